The molecule has 0 N–H and O–H groups in total. The van der Waals surface area contributed by atoms with Crippen molar-refractivity contribution < 1.29 is 28.6 Å². The molecule has 0 aliphatic carbocycles. The fraction of sp³-hybridized carbons (Fsp3) is 0.827. The van der Waals surface area contributed by atoms with Gasteiger partial charge in [-0.25, -0.2) is 0 Å². The van der Waals surface area contributed by atoms with Crippen LogP contribution in [-0.2, 0) is 28.6 Å². The number of ether oxygens (including phenoxy) is 3. The first-order chi connectivity index (χ1) is 40.0. The van der Waals surface area contributed by atoms with Crippen LogP contribution in [0.15, 0.2) is 60.8 Å². The van der Waals surface area contributed by atoms with Crippen LogP contribution in [0.25, 0.3) is 0 Å². The lowest BCUT2D eigenvalue weighted by atomic mass is 10.0. The SMILES string of the molecule is CCCCC/C=C\C/C=C\CCCCCCCC(=O)OCC(COC(=O)CCCCCCCCCCCCCCCCCCCCCCCCCCC)OC(=O)CCCCCCCCCC/C=C\C/C=C\C/C=C\CCCCCCC. The second-order valence-corrected chi connectivity index (χ2v) is 24.1. The Labute approximate surface area is 504 Å². The third kappa shape index (κ3) is 67.8. The molecule has 1 unspecified atom stereocenters. The van der Waals surface area contributed by atoms with E-state index >= 15 is 0 Å². The van der Waals surface area contributed by atoms with Crippen molar-refractivity contribution in [1.29, 1.82) is 0 Å². The first-order valence-corrected chi connectivity index (χ1v) is 35.8. The Hall–Kier alpha value is -2.89. The number of carbonyl (C=O) groups excluding carboxylic acids is 3. The first kappa shape index (κ1) is 78.1. The van der Waals surface area contributed by atoms with E-state index in [-0.39, 0.29) is 31.1 Å². The van der Waals surface area contributed by atoms with Crippen LogP contribution in [0.3, 0.4) is 0 Å². The van der Waals surface area contributed by atoms with E-state index in [4.69, 9.17) is 14.2 Å². The first-order valence-electron chi connectivity index (χ1n) is 35.8. The van der Waals surface area contributed by atoms with Crippen LogP contribution in [0.2, 0.25) is 0 Å². The highest BCUT2D eigenvalue weighted by Gasteiger charge is 2.19. The molecule has 0 amide bonds. The molecule has 6 nitrogen and oxygen atoms in total. The molecule has 81 heavy (non-hydrogen) atoms. The maximum absolute atomic E-state index is 13.0. The van der Waals surface area contributed by atoms with Gasteiger partial charge in [0.2, 0.25) is 0 Å². The number of carbonyl (C=O) groups is 3. The van der Waals surface area contributed by atoms with Crippen molar-refractivity contribution in [3.05, 3.63) is 60.8 Å². The van der Waals surface area contributed by atoms with Crippen LogP contribution in [0, 0.1) is 0 Å². The summed E-state index contributed by atoms with van der Waals surface area (Å²) in [5.41, 5.74) is 0. The molecule has 0 spiro atoms. The maximum Gasteiger partial charge on any atom is 0.306 e. The highest BCUT2D eigenvalue weighted by molar-refractivity contribution is 5.71. The minimum Gasteiger partial charge on any atom is -0.462 e. The molecule has 0 bridgehead atoms. The van der Waals surface area contributed by atoms with Gasteiger partial charge in [0.1, 0.15) is 13.2 Å². The zero-order chi connectivity index (χ0) is 58.5. The third-order valence-corrected chi connectivity index (χ3v) is 16.0. The molecule has 0 aliphatic heterocycles. The van der Waals surface area contributed by atoms with E-state index < -0.39 is 6.10 Å². The molecule has 0 aliphatic rings. The lowest BCUT2D eigenvalue weighted by Gasteiger charge is -2.18. The van der Waals surface area contributed by atoms with Gasteiger partial charge in [-0.3, -0.25) is 14.4 Å². The predicted octanol–water partition coefficient (Wildman–Crippen LogP) is 24.7. The minimum absolute atomic E-state index is 0.0783. The quantitative estimate of drug-likeness (QED) is 0.0261. The Balaban J connectivity index is 4.31. The fourth-order valence-electron chi connectivity index (χ4n) is 10.6. The van der Waals surface area contributed by atoms with Gasteiger partial charge in [0.15, 0.2) is 6.10 Å². The second-order valence-electron chi connectivity index (χ2n) is 24.1. The zero-order valence-corrected chi connectivity index (χ0v) is 54.3. The summed E-state index contributed by atoms with van der Waals surface area (Å²) in [5, 5.41) is 0. The summed E-state index contributed by atoms with van der Waals surface area (Å²) >= 11 is 0. The van der Waals surface area contributed by atoms with Gasteiger partial charge in [-0.05, 0) is 89.9 Å². The van der Waals surface area contributed by atoms with Gasteiger partial charge in [-0.15, -0.1) is 0 Å². The molecule has 0 heterocycles. The van der Waals surface area contributed by atoms with E-state index in [1.165, 1.54) is 244 Å². The number of esters is 3. The average Bonchev–Trinajstić information content (AvgIpc) is 3.47. The molecule has 0 fully saturated rings. The number of allylic oxidation sites excluding steroid dienone is 10. The van der Waals surface area contributed by atoms with Crippen molar-refractivity contribution in [2.24, 2.45) is 0 Å². The average molecular weight is 1130 g/mol. The second kappa shape index (κ2) is 69.6. The predicted molar refractivity (Wildman–Crippen MR) is 353 cm³/mol. The standard InChI is InChI=1S/C75H136O6/c1-4-7-10-13-16-19-22-25-28-30-32-34-36-37-39-40-42-44-47-50-53-56-59-62-65-68-74(77)80-71-72(70-79-73(76)67-64-61-58-55-52-49-46-27-24-21-18-15-12-9-6-3)81-75(78)69-66-63-60-57-54-51-48-45-43-41-38-35-33-31-29-26-23-20-17-14-11-8-5-2/h18,21,23,26-27,31,33,38,41,46,72H,4-17,19-20,22,24-25,28-30,32,34-37,39-40,42-45,47-71H2,1-3H3/b21-18-,26-23-,33-31-,41-38-,46-27-. The molecule has 1 atom stereocenters. The summed E-state index contributed by atoms with van der Waals surface area (Å²) in [6, 6.07) is 0. The van der Waals surface area contributed by atoms with Crippen molar-refractivity contribution in [2.75, 3.05) is 13.2 Å². The van der Waals surface area contributed by atoms with Crippen molar-refractivity contribution in [2.45, 2.75) is 386 Å². The lowest BCUT2D eigenvalue weighted by Crippen LogP contribution is -2.30. The molecule has 472 valence electrons. The number of unbranched alkanes of at least 4 members (excludes halogenated alkanes) is 45. The molecule has 6 heteroatoms. The normalized spacial score (nSPS) is 12.4. The van der Waals surface area contributed by atoms with E-state index in [9.17, 15) is 14.4 Å². The Morgan fingerprint density at radius 2 is 0.444 bits per heavy atom. The molecular formula is C75H136O6. The highest BCUT2D eigenvalue weighted by atomic mass is 16.6. The molecule has 0 aromatic carbocycles. The molecular weight excluding hydrogens is 997 g/mol. The van der Waals surface area contributed by atoms with Crippen LogP contribution in [-0.4, -0.2) is 37.2 Å². The summed E-state index contributed by atoms with van der Waals surface area (Å²) in [6.45, 7) is 6.65. The number of hydrogen-bond donors (Lipinski definition) is 0. The zero-order valence-electron chi connectivity index (χ0n) is 54.3. The van der Waals surface area contributed by atoms with Crippen LogP contribution < -0.4 is 0 Å². The van der Waals surface area contributed by atoms with Gasteiger partial charge in [0, 0.05) is 19.3 Å². The summed E-state index contributed by atoms with van der Waals surface area (Å²) in [7, 11) is 0. The van der Waals surface area contributed by atoms with Crippen LogP contribution in [0.5, 0.6) is 0 Å². The Kier molecular flexibility index (Phi) is 67.1. The molecule has 0 saturated carbocycles. The Bertz CT molecular complexity index is 1440. The van der Waals surface area contributed by atoms with Gasteiger partial charge >= 0.3 is 17.9 Å². The van der Waals surface area contributed by atoms with Gasteiger partial charge in [0.05, 0.1) is 0 Å². The number of rotatable bonds is 66. The van der Waals surface area contributed by atoms with Crippen LogP contribution in [0.4, 0.5) is 0 Å². The van der Waals surface area contributed by atoms with Gasteiger partial charge in [-0.1, -0.05) is 332 Å². The van der Waals surface area contributed by atoms with E-state index in [2.05, 4.69) is 81.5 Å². The van der Waals surface area contributed by atoms with Gasteiger partial charge < -0.3 is 14.2 Å². The van der Waals surface area contributed by atoms with Crippen LogP contribution in [0.1, 0.15) is 380 Å². The third-order valence-electron chi connectivity index (χ3n) is 16.0. The topological polar surface area (TPSA) is 78.9 Å². The van der Waals surface area contributed by atoms with E-state index in [1.807, 2.05) is 0 Å². The van der Waals surface area contributed by atoms with Gasteiger partial charge in [0.25, 0.3) is 0 Å². The summed E-state index contributed by atoms with van der Waals surface area (Å²) in [6.07, 6.45) is 89.6. The number of hydrogen-bond acceptors (Lipinski definition) is 6. The molecule has 0 rings (SSSR count). The molecule has 0 aromatic heterocycles. The van der Waals surface area contributed by atoms with E-state index in [0.717, 1.165) is 96.3 Å². The van der Waals surface area contributed by atoms with Crippen LogP contribution >= 0.6 is 0 Å². The highest BCUT2D eigenvalue weighted by Crippen LogP contribution is 2.18. The van der Waals surface area contributed by atoms with Crippen molar-refractivity contribution in [3.63, 3.8) is 0 Å². The summed E-state index contributed by atoms with van der Waals surface area (Å²) < 4.78 is 17.0. The largest absolute Gasteiger partial charge is 0.462 e. The van der Waals surface area contributed by atoms with Crippen molar-refractivity contribution in [3.8, 4) is 0 Å². The minimum atomic E-state index is -0.785. The monoisotopic (exact) mass is 1130 g/mol. The smallest absolute Gasteiger partial charge is 0.306 e. The fourth-order valence-corrected chi connectivity index (χ4v) is 10.6. The molecule has 0 radical (unpaired) electrons. The lowest BCUT2D eigenvalue weighted by molar-refractivity contribution is -0.167. The molecule has 0 aromatic rings. The Morgan fingerprint density at radius 3 is 0.716 bits per heavy atom. The Morgan fingerprint density at radius 1 is 0.247 bits per heavy atom. The van der Waals surface area contributed by atoms with E-state index in [0.29, 0.717) is 19.3 Å². The van der Waals surface area contributed by atoms with Gasteiger partial charge in [-0.2, -0.15) is 0 Å². The molecule has 0 saturated heterocycles. The summed E-state index contributed by atoms with van der Waals surface area (Å²) in [4.78, 5) is 38.5. The van der Waals surface area contributed by atoms with Crippen molar-refractivity contribution >= 4 is 17.9 Å². The summed E-state index contributed by atoms with van der Waals surface area (Å²) in [5.74, 6) is -0.876. The van der Waals surface area contributed by atoms with Crippen molar-refractivity contribution in [1.82, 2.24) is 0 Å². The maximum atomic E-state index is 13.0. The van der Waals surface area contributed by atoms with E-state index in [1.54, 1.807) is 0 Å².